The molecule has 0 aliphatic carbocycles. The number of carbonyl (C=O) groups excluding carboxylic acids is 2. The molecule has 0 N–H and O–H groups in total. The van der Waals surface area contributed by atoms with Gasteiger partial charge in [-0.3, -0.25) is 14.5 Å². The van der Waals surface area contributed by atoms with Gasteiger partial charge in [-0.2, -0.15) is 0 Å². The molecule has 1 atom stereocenters. The number of anilines is 2. The van der Waals surface area contributed by atoms with Gasteiger partial charge >= 0.3 is 0 Å². The van der Waals surface area contributed by atoms with Crippen LogP contribution in [-0.2, 0) is 11.3 Å². The largest absolute Gasteiger partial charge is 0.304 e. The lowest BCUT2D eigenvalue weighted by Gasteiger charge is -2.40. The Morgan fingerprint density at radius 3 is 2.28 bits per heavy atom. The highest BCUT2D eigenvalue weighted by molar-refractivity contribution is 6.35. The Hall–Kier alpha value is -2.82. The van der Waals surface area contributed by atoms with Gasteiger partial charge in [-0.1, -0.05) is 59.6 Å². The molecule has 0 spiro atoms. The molecule has 6 heteroatoms. The van der Waals surface area contributed by atoms with Gasteiger partial charge in [0.15, 0.2) is 0 Å². The minimum atomic E-state index is -0.649. The molecule has 2 amide bonds. The van der Waals surface area contributed by atoms with Gasteiger partial charge in [0.1, 0.15) is 6.04 Å². The van der Waals surface area contributed by atoms with Crippen LogP contribution in [0.3, 0.4) is 0 Å². The molecular weight excluding hydrogens is 407 g/mol. The maximum Gasteiger partial charge on any atom is 0.259 e. The van der Waals surface area contributed by atoms with E-state index in [2.05, 4.69) is 0 Å². The van der Waals surface area contributed by atoms with Gasteiger partial charge in [0.25, 0.3) is 5.91 Å². The molecule has 4 nitrogen and oxygen atoms in total. The SMILES string of the molecule is CC1C(=O)N(Cc2ccc(Cl)cc2Cl)c2ccccc2N1C(=O)c1ccccc1. The van der Waals surface area contributed by atoms with Gasteiger partial charge in [0, 0.05) is 15.6 Å². The second-order valence-corrected chi connectivity index (χ2v) is 7.71. The summed E-state index contributed by atoms with van der Waals surface area (Å²) < 4.78 is 0. The minimum absolute atomic E-state index is 0.168. The normalized spacial score (nSPS) is 16.0. The zero-order chi connectivity index (χ0) is 20.5. The standard InChI is InChI=1S/C23H18Cl2N2O2/c1-15-22(28)26(14-17-11-12-18(24)13-19(17)25)20-9-5-6-10-21(20)27(15)23(29)16-7-3-2-4-8-16/h2-13,15H,14H2,1H3. The highest BCUT2D eigenvalue weighted by atomic mass is 35.5. The lowest BCUT2D eigenvalue weighted by molar-refractivity contribution is -0.119. The van der Waals surface area contributed by atoms with Crippen LogP contribution in [0, 0.1) is 0 Å². The number of fused-ring (bicyclic) bond motifs is 1. The van der Waals surface area contributed by atoms with Crippen molar-refractivity contribution in [2.75, 3.05) is 9.80 Å². The minimum Gasteiger partial charge on any atom is -0.304 e. The van der Waals surface area contributed by atoms with Gasteiger partial charge in [-0.15, -0.1) is 0 Å². The van der Waals surface area contributed by atoms with Crippen LogP contribution in [0.1, 0.15) is 22.8 Å². The van der Waals surface area contributed by atoms with Crippen molar-refractivity contribution in [2.45, 2.75) is 19.5 Å². The maximum absolute atomic E-state index is 13.3. The zero-order valence-corrected chi connectivity index (χ0v) is 17.2. The number of para-hydroxylation sites is 2. The second-order valence-electron chi connectivity index (χ2n) is 6.87. The summed E-state index contributed by atoms with van der Waals surface area (Å²) in [6.45, 7) is 2.04. The quantitative estimate of drug-likeness (QED) is 0.550. The molecule has 3 aromatic rings. The number of hydrogen-bond donors (Lipinski definition) is 0. The predicted octanol–water partition coefficient (Wildman–Crippen LogP) is 5.58. The van der Waals surface area contributed by atoms with Gasteiger partial charge in [0.05, 0.1) is 17.9 Å². The number of benzene rings is 3. The Morgan fingerprint density at radius 1 is 0.931 bits per heavy atom. The van der Waals surface area contributed by atoms with Crippen molar-refractivity contribution in [3.05, 3.63) is 94.0 Å². The Bertz CT molecular complexity index is 1090. The fourth-order valence-corrected chi connectivity index (χ4v) is 4.02. The van der Waals surface area contributed by atoms with E-state index in [1.165, 1.54) is 0 Å². The highest BCUT2D eigenvalue weighted by Gasteiger charge is 2.38. The van der Waals surface area contributed by atoms with Crippen LogP contribution in [0.4, 0.5) is 11.4 Å². The third kappa shape index (κ3) is 3.61. The summed E-state index contributed by atoms with van der Waals surface area (Å²) in [5, 5.41) is 1.04. The Morgan fingerprint density at radius 2 is 1.59 bits per heavy atom. The summed E-state index contributed by atoms with van der Waals surface area (Å²) in [5.74, 6) is -0.373. The van der Waals surface area contributed by atoms with Crippen LogP contribution in [0.25, 0.3) is 0 Å². The molecule has 1 heterocycles. The van der Waals surface area contributed by atoms with E-state index in [9.17, 15) is 9.59 Å². The van der Waals surface area contributed by atoms with Crippen molar-refractivity contribution >= 4 is 46.4 Å². The number of rotatable bonds is 3. The Labute approximate surface area is 179 Å². The smallest absolute Gasteiger partial charge is 0.259 e. The van der Waals surface area contributed by atoms with Crippen LogP contribution >= 0.6 is 23.2 Å². The van der Waals surface area contributed by atoms with E-state index in [4.69, 9.17) is 23.2 Å². The van der Waals surface area contributed by atoms with E-state index in [0.29, 0.717) is 33.5 Å². The summed E-state index contributed by atoms with van der Waals surface area (Å²) >= 11 is 12.3. The fraction of sp³-hybridized carbons (Fsp3) is 0.130. The molecule has 3 aromatic carbocycles. The number of nitrogens with zero attached hydrogens (tertiary/aromatic N) is 2. The number of carbonyl (C=O) groups is 2. The van der Waals surface area contributed by atoms with Crippen molar-refractivity contribution in [3.8, 4) is 0 Å². The van der Waals surface area contributed by atoms with Gasteiger partial charge < -0.3 is 4.90 Å². The van der Waals surface area contributed by atoms with Crippen molar-refractivity contribution in [2.24, 2.45) is 0 Å². The van der Waals surface area contributed by atoms with E-state index < -0.39 is 6.04 Å². The van der Waals surface area contributed by atoms with Crippen molar-refractivity contribution < 1.29 is 9.59 Å². The molecule has 1 aliphatic heterocycles. The molecule has 0 aromatic heterocycles. The van der Waals surface area contributed by atoms with Crippen LogP contribution in [0.15, 0.2) is 72.8 Å². The van der Waals surface area contributed by atoms with Crippen molar-refractivity contribution in [3.63, 3.8) is 0 Å². The van der Waals surface area contributed by atoms with Crippen LogP contribution in [0.5, 0.6) is 0 Å². The summed E-state index contributed by atoms with van der Waals surface area (Å²) in [4.78, 5) is 29.7. The van der Waals surface area contributed by atoms with Gasteiger partial charge in [-0.25, -0.2) is 0 Å². The Balaban J connectivity index is 1.76. The molecule has 29 heavy (non-hydrogen) atoms. The molecule has 0 radical (unpaired) electrons. The van der Waals surface area contributed by atoms with Gasteiger partial charge in [0.2, 0.25) is 5.91 Å². The first-order valence-corrected chi connectivity index (χ1v) is 9.96. The Kier molecular flexibility index (Phi) is 5.31. The number of hydrogen-bond acceptors (Lipinski definition) is 2. The average molecular weight is 425 g/mol. The van der Waals surface area contributed by atoms with E-state index in [1.807, 2.05) is 48.5 Å². The number of amides is 2. The maximum atomic E-state index is 13.3. The average Bonchev–Trinajstić information content (AvgIpc) is 2.73. The molecule has 1 aliphatic rings. The van der Waals surface area contributed by atoms with Crippen molar-refractivity contribution in [1.29, 1.82) is 0 Å². The first-order valence-electron chi connectivity index (χ1n) is 9.20. The van der Waals surface area contributed by atoms with Crippen LogP contribution < -0.4 is 9.80 Å². The lowest BCUT2D eigenvalue weighted by atomic mass is 10.0. The predicted molar refractivity (Wildman–Crippen MR) is 117 cm³/mol. The molecule has 0 saturated carbocycles. The molecule has 146 valence electrons. The molecule has 1 unspecified atom stereocenters. The summed E-state index contributed by atoms with van der Waals surface area (Å²) in [6.07, 6.45) is 0. The monoisotopic (exact) mass is 424 g/mol. The summed E-state index contributed by atoms with van der Waals surface area (Å²) in [5.41, 5.74) is 2.69. The molecule has 4 rings (SSSR count). The molecule has 0 saturated heterocycles. The third-order valence-corrected chi connectivity index (χ3v) is 5.61. The topological polar surface area (TPSA) is 40.6 Å². The molecule has 0 bridgehead atoms. The van der Waals surface area contributed by atoms with E-state index in [-0.39, 0.29) is 11.8 Å². The van der Waals surface area contributed by atoms with Crippen LogP contribution in [-0.4, -0.2) is 17.9 Å². The van der Waals surface area contributed by atoms with Gasteiger partial charge in [-0.05, 0) is 48.9 Å². The second kappa shape index (κ2) is 7.90. The molecule has 0 fully saturated rings. The molecular formula is C23H18Cl2N2O2. The van der Waals surface area contributed by atoms with E-state index in [0.717, 1.165) is 5.56 Å². The fourth-order valence-electron chi connectivity index (χ4n) is 3.55. The summed E-state index contributed by atoms with van der Waals surface area (Å²) in [7, 11) is 0. The van der Waals surface area contributed by atoms with E-state index in [1.54, 1.807) is 41.0 Å². The zero-order valence-electron chi connectivity index (χ0n) is 15.7. The summed E-state index contributed by atoms with van der Waals surface area (Å²) in [6, 6.07) is 21.0. The van der Waals surface area contributed by atoms with E-state index >= 15 is 0 Å². The van der Waals surface area contributed by atoms with Crippen LogP contribution in [0.2, 0.25) is 10.0 Å². The number of halogens is 2. The third-order valence-electron chi connectivity index (χ3n) is 5.03. The lowest BCUT2D eigenvalue weighted by Crippen LogP contribution is -2.54. The van der Waals surface area contributed by atoms with Crippen molar-refractivity contribution in [1.82, 2.24) is 0 Å². The first kappa shape index (κ1) is 19.5. The highest BCUT2D eigenvalue weighted by Crippen LogP contribution is 2.38. The first-order chi connectivity index (χ1) is 14.0.